The van der Waals surface area contributed by atoms with Crippen molar-refractivity contribution in [2.75, 3.05) is 0 Å². The van der Waals surface area contributed by atoms with Gasteiger partial charge in [0.15, 0.2) is 22.8 Å². The van der Waals surface area contributed by atoms with Crippen LogP contribution in [0.2, 0.25) is 0 Å². The lowest BCUT2D eigenvalue weighted by molar-refractivity contribution is -0.139. The molecule has 4 rings (SSSR count). The third kappa shape index (κ3) is 3.19. The summed E-state index contributed by atoms with van der Waals surface area (Å²) in [6.07, 6.45) is 0.0147. The van der Waals surface area contributed by atoms with E-state index >= 15 is 0 Å². The largest absolute Gasteiger partial charge is 0.450 e. The van der Waals surface area contributed by atoms with Gasteiger partial charge in [0.25, 0.3) is 0 Å². The van der Waals surface area contributed by atoms with Gasteiger partial charge in [0.1, 0.15) is 0 Å². The average molecular weight is 382 g/mol. The van der Waals surface area contributed by atoms with Crippen molar-refractivity contribution in [3.8, 4) is 0 Å². The van der Waals surface area contributed by atoms with E-state index in [0.29, 0.717) is 29.9 Å². The number of fused-ring (bicyclic) bond motifs is 3. The predicted molar refractivity (Wildman–Crippen MR) is 93.5 cm³/mol. The van der Waals surface area contributed by atoms with Crippen LogP contribution in [-0.4, -0.2) is 0 Å². The Kier molecular flexibility index (Phi) is 4.40. The van der Waals surface area contributed by atoms with Crippen LogP contribution in [0.25, 0.3) is 21.9 Å². The highest BCUT2D eigenvalue weighted by molar-refractivity contribution is 6.05. The van der Waals surface area contributed by atoms with Crippen LogP contribution in [0.5, 0.6) is 0 Å². The van der Waals surface area contributed by atoms with Gasteiger partial charge < -0.3 is 4.42 Å². The second-order valence-electron chi connectivity index (χ2n) is 7.65. The molecule has 0 radical (unpaired) electrons. The van der Waals surface area contributed by atoms with Crippen molar-refractivity contribution in [3.05, 3.63) is 47.0 Å². The van der Waals surface area contributed by atoms with E-state index in [4.69, 9.17) is 4.42 Å². The molecule has 0 N–H and O–H groups in total. The fourth-order valence-electron chi connectivity index (χ4n) is 4.10. The first-order chi connectivity index (χ1) is 12.8. The average Bonchev–Trinajstić information content (AvgIpc) is 2.99. The van der Waals surface area contributed by atoms with Gasteiger partial charge in [-0.2, -0.15) is 13.2 Å². The molecule has 0 bridgehead atoms. The summed E-state index contributed by atoms with van der Waals surface area (Å²) in [4.78, 5) is 0. The minimum Gasteiger partial charge on any atom is -0.450 e. The summed E-state index contributed by atoms with van der Waals surface area (Å²) in [5, 5.41) is 0.434. The van der Waals surface area contributed by atoms with E-state index in [1.807, 2.05) is 0 Å². The highest BCUT2D eigenvalue weighted by Crippen LogP contribution is 2.39. The minimum atomic E-state index is -4.83. The highest BCUT2D eigenvalue weighted by atomic mass is 19.4. The Balaban J connectivity index is 1.76. The van der Waals surface area contributed by atoms with E-state index in [-0.39, 0.29) is 16.4 Å². The van der Waals surface area contributed by atoms with Gasteiger partial charge >= 0.3 is 6.18 Å². The molecular weight excluding hydrogens is 363 g/mol. The lowest BCUT2D eigenvalue weighted by Crippen LogP contribution is -2.15. The quantitative estimate of drug-likeness (QED) is 0.425. The molecule has 1 heterocycles. The maximum Gasteiger partial charge on any atom is 0.419 e. The Labute approximate surface area is 153 Å². The molecule has 0 amide bonds. The summed E-state index contributed by atoms with van der Waals surface area (Å²) < 4.78 is 73.2. The monoisotopic (exact) mass is 382 g/mol. The van der Waals surface area contributed by atoms with Crippen LogP contribution in [0.3, 0.4) is 0 Å². The molecule has 27 heavy (non-hydrogen) atoms. The van der Waals surface area contributed by atoms with Crippen LogP contribution in [0, 0.1) is 23.5 Å². The molecule has 0 atom stereocenters. The maximum absolute atomic E-state index is 15.0. The molecule has 1 fully saturated rings. The van der Waals surface area contributed by atoms with Crippen molar-refractivity contribution in [1.29, 1.82) is 0 Å². The molecule has 0 unspecified atom stereocenters. The fourth-order valence-corrected chi connectivity index (χ4v) is 4.10. The second-order valence-corrected chi connectivity index (χ2v) is 7.65. The van der Waals surface area contributed by atoms with E-state index in [1.54, 1.807) is 12.1 Å². The van der Waals surface area contributed by atoms with Crippen LogP contribution in [0.1, 0.15) is 43.7 Å². The Morgan fingerprint density at radius 2 is 1.48 bits per heavy atom. The third-order valence-corrected chi connectivity index (χ3v) is 5.72. The van der Waals surface area contributed by atoms with Crippen LogP contribution in [0.4, 0.5) is 22.0 Å². The van der Waals surface area contributed by atoms with Gasteiger partial charge in [-0.3, -0.25) is 0 Å². The molecule has 1 nitrogen and oxygen atoms in total. The first-order valence-electron chi connectivity index (χ1n) is 9.15. The van der Waals surface area contributed by atoms with Crippen molar-refractivity contribution in [2.45, 2.75) is 45.2 Å². The lowest BCUT2D eigenvalue weighted by atomic mass is 9.80. The van der Waals surface area contributed by atoms with E-state index in [0.717, 1.165) is 31.7 Å². The Bertz CT molecular complexity index is 993. The molecule has 2 aromatic carbocycles. The van der Waals surface area contributed by atoms with Gasteiger partial charge in [0, 0.05) is 10.8 Å². The van der Waals surface area contributed by atoms with Crippen LogP contribution < -0.4 is 0 Å². The molecule has 1 aromatic heterocycles. The number of hydrogen-bond donors (Lipinski definition) is 0. The van der Waals surface area contributed by atoms with E-state index in [9.17, 15) is 22.0 Å². The van der Waals surface area contributed by atoms with Gasteiger partial charge in [-0.05, 0) is 54.9 Å². The van der Waals surface area contributed by atoms with Crippen LogP contribution >= 0.6 is 0 Å². The third-order valence-electron chi connectivity index (χ3n) is 5.72. The number of furan rings is 1. The van der Waals surface area contributed by atoms with Crippen molar-refractivity contribution in [1.82, 2.24) is 0 Å². The number of rotatable bonds is 2. The molecule has 6 heteroatoms. The molecule has 1 aliphatic rings. The zero-order valence-electron chi connectivity index (χ0n) is 14.8. The molecule has 1 aliphatic carbocycles. The van der Waals surface area contributed by atoms with E-state index in [2.05, 4.69) is 6.92 Å². The number of hydrogen-bond acceptors (Lipinski definition) is 1. The van der Waals surface area contributed by atoms with Gasteiger partial charge in [-0.15, -0.1) is 0 Å². The van der Waals surface area contributed by atoms with Crippen LogP contribution in [-0.2, 0) is 12.6 Å². The summed E-state index contributed by atoms with van der Waals surface area (Å²) in [6.45, 7) is 2.21. The zero-order valence-corrected chi connectivity index (χ0v) is 14.8. The summed E-state index contributed by atoms with van der Waals surface area (Å²) >= 11 is 0. The standard InChI is InChI=1S/C21H19F5O/c1-11-2-4-12(5-3-11)10-13-6-7-14-15-8-9-16(21(24,25)26)18(23)20(15)27-19(14)17(13)22/h6-9,11-12H,2-5,10H2,1H3. The van der Waals surface area contributed by atoms with E-state index in [1.165, 1.54) is 0 Å². The SMILES string of the molecule is CC1CCC(Cc2ccc3c(oc4c(F)c(C(F)(F)F)ccc43)c2F)CC1. The maximum atomic E-state index is 15.0. The highest BCUT2D eigenvalue weighted by Gasteiger charge is 2.36. The summed E-state index contributed by atoms with van der Waals surface area (Å²) in [6, 6.07) is 5.05. The van der Waals surface area contributed by atoms with Crippen molar-refractivity contribution in [3.63, 3.8) is 0 Å². The number of halogens is 5. The van der Waals surface area contributed by atoms with Gasteiger partial charge in [0.2, 0.25) is 0 Å². The van der Waals surface area contributed by atoms with Gasteiger partial charge in [-0.1, -0.05) is 25.8 Å². The zero-order chi connectivity index (χ0) is 19.3. The molecule has 1 saturated carbocycles. The lowest BCUT2D eigenvalue weighted by Gasteiger charge is -2.26. The number of alkyl halides is 3. The fraction of sp³-hybridized carbons (Fsp3) is 0.429. The Morgan fingerprint density at radius 3 is 2.11 bits per heavy atom. The first kappa shape index (κ1) is 18.3. The minimum absolute atomic E-state index is 0.146. The van der Waals surface area contributed by atoms with Crippen molar-refractivity contribution >= 4 is 21.9 Å². The molecule has 0 saturated heterocycles. The number of benzene rings is 2. The molecule has 144 valence electrons. The first-order valence-corrected chi connectivity index (χ1v) is 9.15. The molecular formula is C21H19F5O. The molecule has 0 spiro atoms. The normalized spacial score (nSPS) is 21.3. The van der Waals surface area contributed by atoms with Gasteiger partial charge in [0.05, 0.1) is 5.56 Å². The van der Waals surface area contributed by atoms with E-state index < -0.39 is 29.0 Å². The Hall–Kier alpha value is -2.11. The summed E-state index contributed by atoms with van der Waals surface area (Å²) in [5.74, 6) is -1.03. The predicted octanol–water partition coefficient (Wildman–Crippen LogP) is 7.25. The Morgan fingerprint density at radius 1 is 0.889 bits per heavy atom. The summed E-state index contributed by atoms with van der Waals surface area (Å²) in [7, 11) is 0. The van der Waals surface area contributed by atoms with Gasteiger partial charge in [-0.25, -0.2) is 8.78 Å². The smallest absolute Gasteiger partial charge is 0.419 e. The van der Waals surface area contributed by atoms with Crippen molar-refractivity contribution in [2.24, 2.45) is 11.8 Å². The topological polar surface area (TPSA) is 13.1 Å². The second kappa shape index (κ2) is 6.50. The summed E-state index contributed by atoms with van der Waals surface area (Å²) in [5.41, 5.74) is -1.67. The van der Waals surface area contributed by atoms with Crippen LogP contribution in [0.15, 0.2) is 28.7 Å². The van der Waals surface area contributed by atoms with Crippen molar-refractivity contribution < 1.29 is 26.4 Å². The molecule has 3 aromatic rings. The molecule has 0 aliphatic heterocycles.